The second kappa shape index (κ2) is 6.29. The first-order valence-corrected chi connectivity index (χ1v) is 7.98. The van der Waals surface area contributed by atoms with Crippen LogP contribution in [0.3, 0.4) is 0 Å². The summed E-state index contributed by atoms with van der Waals surface area (Å²) in [5, 5.41) is 6.53. The van der Waals surface area contributed by atoms with Gasteiger partial charge in [0.05, 0.1) is 11.3 Å². The number of para-hydroxylation sites is 1. The van der Waals surface area contributed by atoms with Crippen molar-refractivity contribution in [3.05, 3.63) is 29.3 Å². The topological polar surface area (TPSA) is 41.1 Å². The quantitative estimate of drug-likeness (QED) is 0.886. The number of carbonyl (C=O) groups excluding carboxylic acids is 1. The number of rotatable bonds is 3. The van der Waals surface area contributed by atoms with Gasteiger partial charge in [0.15, 0.2) is 0 Å². The first-order chi connectivity index (χ1) is 9.84. The summed E-state index contributed by atoms with van der Waals surface area (Å²) in [6.07, 6.45) is 8.77. The standard InChI is InChI=1S/C17H24N2O/c20-17(19-12-13-6-2-1-3-7-13)15-10-4-8-14-9-5-11-18-16(14)15/h4,8,10,13,18H,1-3,5-7,9,11-12H2,(H,19,20). The average Bonchev–Trinajstić information content (AvgIpc) is 2.53. The van der Waals surface area contributed by atoms with Crippen LogP contribution in [0.5, 0.6) is 0 Å². The molecule has 2 N–H and O–H groups in total. The van der Waals surface area contributed by atoms with Crippen molar-refractivity contribution in [3.8, 4) is 0 Å². The summed E-state index contributed by atoms with van der Waals surface area (Å²) in [5.74, 6) is 0.766. The van der Waals surface area contributed by atoms with Gasteiger partial charge in [-0.05, 0) is 43.2 Å². The van der Waals surface area contributed by atoms with Crippen LogP contribution in [0.25, 0.3) is 0 Å². The summed E-state index contributed by atoms with van der Waals surface area (Å²) < 4.78 is 0. The zero-order valence-electron chi connectivity index (χ0n) is 12.1. The van der Waals surface area contributed by atoms with Gasteiger partial charge in [0.1, 0.15) is 0 Å². The molecule has 1 aromatic rings. The van der Waals surface area contributed by atoms with Crippen molar-refractivity contribution >= 4 is 11.6 Å². The van der Waals surface area contributed by atoms with Crippen LogP contribution in [0.4, 0.5) is 5.69 Å². The van der Waals surface area contributed by atoms with E-state index in [1.165, 1.54) is 37.7 Å². The Morgan fingerprint density at radius 3 is 2.90 bits per heavy atom. The summed E-state index contributed by atoms with van der Waals surface area (Å²) in [6.45, 7) is 1.81. The SMILES string of the molecule is O=C(NCC1CCCCC1)c1cccc2c1NCCC2. The van der Waals surface area contributed by atoms with Gasteiger partial charge in [-0.25, -0.2) is 0 Å². The first-order valence-electron chi connectivity index (χ1n) is 7.98. The molecule has 1 heterocycles. The average molecular weight is 272 g/mol. The molecule has 3 rings (SSSR count). The van der Waals surface area contributed by atoms with Crippen LogP contribution in [0.15, 0.2) is 18.2 Å². The van der Waals surface area contributed by atoms with E-state index in [0.717, 1.165) is 37.2 Å². The van der Waals surface area contributed by atoms with Gasteiger partial charge in [0.25, 0.3) is 5.91 Å². The predicted molar refractivity (Wildman–Crippen MR) is 82.2 cm³/mol. The summed E-state index contributed by atoms with van der Waals surface area (Å²) in [4.78, 5) is 12.4. The van der Waals surface area contributed by atoms with E-state index in [4.69, 9.17) is 0 Å². The van der Waals surface area contributed by atoms with Gasteiger partial charge in [-0.3, -0.25) is 4.79 Å². The molecular formula is C17H24N2O. The minimum atomic E-state index is 0.0850. The van der Waals surface area contributed by atoms with Gasteiger partial charge in [-0.1, -0.05) is 31.4 Å². The van der Waals surface area contributed by atoms with E-state index in [0.29, 0.717) is 5.92 Å². The van der Waals surface area contributed by atoms with E-state index in [9.17, 15) is 4.79 Å². The van der Waals surface area contributed by atoms with Crippen molar-refractivity contribution in [1.82, 2.24) is 5.32 Å². The van der Waals surface area contributed by atoms with Gasteiger partial charge in [-0.15, -0.1) is 0 Å². The molecule has 1 saturated carbocycles. The molecule has 3 heteroatoms. The maximum atomic E-state index is 12.4. The monoisotopic (exact) mass is 272 g/mol. The van der Waals surface area contributed by atoms with Crippen LogP contribution in [-0.4, -0.2) is 19.0 Å². The van der Waals surface area contributed by atoms with E-state index in [-0.39, 0.29) is 5.91 Å². The number of anilines is 1. The molecule has 0 bridgehead atoms. The highest BCUT2D eigenvalue weighted by molar-refractivity contribution is 6.00. The first kappa shape index (κ1) is 13.5. The molecule has 1 aromatic carbocycles. The Morgan fingerprint density at radius 2 is 2.05 bits per heavy atom. The number of hydrogen-bond acceptors (Lipinski definition) is 2. The molecule has 20 heavy (non-hydrogen) atoms. The number of fused-ring (bicyclic) bond motifs is 1. The van der Waals surface area contributed by atoms with Crippen molar-refractivity contribution in [2.45, 2.75) is 44.9 Å². The molecule has 1 fully saturated rings. The highest BCUT2D eigenvalue weighted by Crippen LogP contribution is 2.26. The number of aryl methyl sites for hydroxylation is 1. The number of carbonyl (C=O) groups is 1. The summed E-state index contributed by atoms with van der Waals surface area (Å²) in [6, 6.07) is 6.06. The molecule has 0 radical (unpaired) electrons. The molecular weight excluding hydrogens is 248 g/mol. The number of benzene rings is 1. The van der Waals surface area contributed by atoms with Crippen LogP contribution in [-0.2, 0) is 6.42 Å². The molecule has 1 amide bonds. The fourth-order valence-corrected chi connectivity index (χ4v) is 3.42. The predicted octanol–water partition coefficient (Wildman–Crippen LogP) is 3.35. The third-order valence-corrected chi connectivity index (χ3v) is 4.60. The van der Waals surface area contributed by atoms with E-state index in [1.54, 1.807) is 0 Å². The third-order valence-electron chi connectivity index (χ3n) is 4.60. The molecule has 0 saturated heterocycles. The number of amides is 1. The molecule has 0 unspecified atom stereocenters. The summed E-state index contributed by atoms with van der Waals surface area (Å²) in [5.41, 5.74) is 3.15. The van der Waals surface area contributed by atoms with Crippen molar-refractivity contribution in [2.24, 2.45) is 5.92 Å². The lowest BCUT2D eigenvalue weighted by Crippen LogP contribution is -2.31. The summed E-state index contributed by atoms with van der Waals surface area (Å²) in [7, 11) is 0. The fourth-order valence-electron chi connectivity index (χ4n) is 3.42. The maximum Gasteiger partial charge on any atom is 0.253 e. The minimum absolute atomic E-state index is 0.0850. The van der Waals surface area contributed by atoms with Crippen molar-refractivity contribution < 1.29 is 4.79 Å². The lowest BCUT2D eigenvalue weighted by atomic mass is 9.89. The number of nitrogens with one attached hydrogen (secondary N) is 2. The smallest absolute Gasteiger partial charge is 0.253 e. The molecule has 1 aliphatic heterocycles. The third kappa shape index (κ3) is 2.97. The Morgan fingerprint density at radius 1 is 1.20 bits per heavy atom. The minimum Gasteiger partial charge on any atom is -0.384 e. The maximum absolute atomic E-state index is 12.4. The van der Waals surface area contributed by atoms with Crippen molar-refractivity contribution in [3.63, 3.8) is 0 Å². The Balaban J connectivity index is 1.64. The summed E-state index contributed by atoms with van der Waals surface area (Å²) >= 11 is 0. The van der Waals surface area contributed by atoms with Gasteiger partial charge in [0, 0.05) is 13.1 Å². The van der Waals surface area contributed by atoms with Gasteiger partial charge in [0.2, 0.25) is 0 Å². The van der Waals surface area contributed by atoms with Gasteiger partial charge >= 0.3 is 0 Å². The Hall–Kier alpha value is -1.51. The van der Waals surface area contributed by atoms with Crippen LogP contribution in [0, 0.1) is 5.92 Å². The van der Waals surface area contributed by atoms with Crippen molar-refractivity contribution in [1.29, 1.82) is 0 Å². The highest BCUT2D eigenvalue weighted by Gasteiger charge is 2.19. The van der Waals surface area contributed by atoms with E-state index in [2.05, 4.69) is 16.7 Å². The second-order valence-electron chi connectivity index (χ2n) is 6.08. The second-order valence-corrected chi connectivity index (χ2v) is 6.08. The highest BCUT2D eigenvalue weighted by atomic mass is 16.1. The van der Waals surface area contributed by atoms with Gasteiger partial charge in [-0.2, -0.15) is 0 Å². The van der Waals surface area contributed by atoms with E-state index in [1.807, 2.05) is 12.1 Å². The van der Waals surface area contributed by atoms with Crippen LogP contribution < -0.4 is 10.6 Å². The zero-order chi connectivity index (χ0) is 13.8. The lowest BCUT2D eigenvalue weighted by molar-refractivity contribution is 0.0944. The lowest BCUT2D eigenvalue weighted by Gasteiger charge is -2.23. The molecule has 0 aromatic heterocycles. The molecule has 3 nitrogen and oxygen atoms in total. The normalized spacial score (nSPS) is 19.0. The molecule has 108 valence electrons. The molecule has 2 aliphatic rings. The van der Waals surface area contributed by atoms with Crippen LogP contribution in [0.1, 0.15) is 54.4 Å². The van der Waals surface area contributed by atoms with E-state index < -0.39 is 0 Å². The molecule has 1 aliphatic carbocycles. The van der Waals surface area contributed by atoms with Crippen LogP contribution >= 0.6 is 0 Å². The van der Waals surface area contributed by atoms with Crippen molar-refractivity contribution in [2.75, 3.05) is 18.4 Å². The van der Waals surface area contributed by atoms with E-state index >= 15 is 0 Å². The fraction of sp³-hybridized carbons (Fsp3) is 0.588. The zero-order valence-corrected chi connectivity index (χ0v) is 12.1. The van der Waals surface area contributed by atoms with Crippen LogP contribution in [0.2, 0.25) is 0 Å². The Labute approximate surface area is 121 Å². The Bertz CT molecular complexity index is 478. The largest absolute Gasteiger partial charge is 0.384 e. The van der Waals surface area contributed by atoms with Gasteiger partial charge < -0.3 is 10.6 Å². The molecule has 0 atom stereocenters. The molecule has 0 spiro atoms. The number of hydrogen-bond donors (Lipinski definition) is 2. The Kier molecular flexibility index (Phi) is 4.24.